The molecule has 3 rings (SSSR count). The van der Waals surface area contributed by atoms with Crippen LogP contribution in [0.4, 0.5) is 5.82 Å². The van der Waals surface area contributed by atoms with Gasteiger partial charge in [-0.05, 0) is 57.5 Å². The van der Waals surface area contributed by atoms with Crippen LogP contribution >= 0.6 is 0 Å². The van der Waals surface area contributed by atoms with Crippen molar-refractivity contribution in [1.29, 1.82) is 0 Å². The zero-order chi connectivity index (χ0) is 15.5. The maximum Gasteiger partial charge on any atom is 0.127 e. The van der Waals surface area contributed by atoms with Crippen LogP contribution < -0.4 is 10.5 Å². The number of likely N-dealkylation sites (tertiary alicyclic amines) is 1. The molecule has 0 radical (unpaired) electrons. The van der Waals surface area contributed by atoms with Crippen molar-refractivity contribution in [2.45, 2.75) is 19.8 Å². The summed E-state index contributed by atoms with van der Waals surface area (Å²) in [6, 6.07) is 7.88. The van der Waals surface area contributed by atoms with E-state index in [1.807, 2.05) is 12.1 Å². The molecule has 0 spiro atoms. The van der Waals surface area contributed by atoms with Gasteiger partial charge in [-0.2, -0.15) is 5.10 Å². The highest BCUT2D eigenvalue weighted by Gasteiger charge is 2.17. The molecule has 0 amide bonds. The second-order valence-corrected chi connectivity index (χ2v) is 6.18. The van der Waals surface area contributed by atoms with E-state index in [-0.39, 0.29) is 0 Å². The minimum Gasteiger partial charge on any atom is -0.493 e. The molecular formula is C17H24N4O. The number of ether oxygens (including phenoxy) is 1. The van der Waals surface area contributed by atoms with Crippen molar-refractivity contribution in [2.24, 2.45) is 5.92 Å². The van der Waals surface area contributed by atoms with E-state index in [0.717, 1.165) is 36.7 Å². The third-order valence-electron chi connectivity index (χ3n) is 4.40. The van der Waals surface area contributed by atoms with Crippen molar-refractivity contribution >= 4 is 5.82 Å². The third kappa shape index (κ3) is 3.25. The number of rotatable bonds is 4. The number of hydrogen-bond donors (Lipinski definition) is 1. The maximum absolute atomic E-state index is 6.09. The van der Waals surface area contributed by atoms with Crippen LogP contribution in [0.25, 0.3) is 5.69 Å². The smallest absolute Gasteiger partial charge is 0.127 e. The van der Waals surface area contributed by atoms with Crippen LogP contribution in [0.1, 0.15) is 18.4 Å². The quantitative estimate of drug-likeness (QED) is 0.942. The van der Waals surface area contributed by atoms with Gasteiger partial charge < -0.3 is 15.4 Å². The first kappa shape index (κ1) is 14.9. The average Bonchev–Trinajstić information content (AvgIpc) is 2.94. The summed E-state index contributed by atoms with van der Waals surface area (Å²) in [5.74, 6) is 2.20. The first-order chi connectivity index (χ1) is 10.6. The summed E-state index contributed by atoms with van der Waals surface area (Å²) in [7, 11) is 2.18. The Bertz CT molecular complexity index is 629. The zero-order valence-electron chi connectivity index (χ0n) is 13.3. The van der Waals surface area contributed by atoms with Crippen LogP contribution in [0.5, 0.6) is 5.75 Å². The summed E-state index contributed by atoms with van der Waals surface area (Å²) >= 11 is 0. The standard InChI is InChI=1S/C17H24N4O/c1-13-3-4-15(21-17(18)5-8-19-21)11-16(13)22-12-14-6-9-20(2)10-7-14/h3-5,8,11,14H,6-7,9-10,12,18H2,1-2H3. The van der Waals surface area contributed by atoms with Gasteiger partial charge in [-0.3, -0.25) is 0 Å². The summed E-state index contributed by atoms with van der Waals surface area (Å²) in [6.45, 7) is 5.18. The fourth-order valence-corrected chi connectivity index (χ4v) is 2.84. The molecule has 5 nitrogen and oxygen atoms in total. The topological polar surface area (TPSA) is 56.3 Å². The van der Waals surface area contributed by atoms with Crippen LogP contribution in [0.15, 0.2) is 30.5 Å². The fraction of sp³-hybridized carbons (Fsp3) is 0.471. The Balaban J connectivity index is 1.69. The molecule has 0 atom stereocenters. The van der Waals surface area contributed by atoms with Gasteiger partial charge in [0.05, 0.1) is 18.5 Å². The van der Waals surface area contributed by atoms with Gasteiger partial charge in [0.2, 0.25) is 0 Å². The van der Waals surface area contributed by atoms with E-state index in [9.17, 15) is 0 Å². The van der Waals surface area contributed by atoms with Crippen molar-refractivity contribution in [1.82, 2.24) is 14.7 Å². The highest BCUT2D eigenvalue weighted by Crippen LogP contribution is 2.25. The molecule has 1 aliphatic heterocycles. The molecular weight excluding hydrogens is 276 g/mol. The third-order valence-corrected chi connectivity index (χ3v) is 4.40. The molecule has 1 fully saturated rings. The predicted molar refractivity (Wildman–Crippen MR) is 88.4 cm³/mol. The summed E-state index contributed by atoms with van der Waals surface area (Å²) < 4.78 is 7.81. The average molecular weight is 300 g/mol. The second kappa shape index (κ2) is 6.40. The molecule has 1 aliphatic rings. The van der Waals surface area contributed by atoms with Gasteiger partial charge in [-0.25, -0.2) is 4.68 Å². The molecule has 5 heteroatoms. The van der Waals surface area contributed by atoms with Crippen molar-refractivity contribution < 1.29 is 4.74 Å². The van der Waals surface area contributed by atoms with Crippen LogP contribution in [0.3, 0.4) is 0 Å². The Morgan fingerprint density at radius 2 is 2.05 bits per heavy atom. The van der Waals surface area contributed by atoms with Crippen molar-refractivity contribution in [3.05, 3.63) is 36.0 Å². The molecule has 118 valence electrons. The Kier molecular flexibility index (Phi) is 4.34. The maximum atomic E-state index is 6.09. The lowest BCUT2D eigenvalue weighted by atomic mass is 9.98. The van der Waals surface area contributed by atoms with Crippen LogP contribution in [-0.2, 0) is 0 Å². The number of nitrogens with two attached hydrogens (primary N) is 1. The normalized spacial score (nSPS) is 16.8. The Morgan fingerprint density at radius 1 is 1.27 bits per heavy atom. The summed E-state index contributed by atoms with van der Waals surface area (Å²) in [5, 5.41) is 4.25. The number of nitrogen functional groups attached to an aromatic ring is 1. The first-order valence-corrected chi connectivity index (χ1v) is 7.85. The number of piperidine rings is 1. The highest BCUT2D eigenvalue weighted by molar-refractivity contribution is 5.47. The number of aryl methyl sites for hydroxylation is 1. The number of aromatic nitrogens is 2. The molecule has 2 N–H and O–H groups in total. The molecule has 0 bridgehead atoms. The van der Waals surface area contributed by atoms with E-state index >= 15 is 0 Å². The molecule has 0 unspecified atom stereocenters. The largest absolute Gasteiger partial charge is 0.493 e. The first-order valence-electron chi connectivity index (χ1n) is 7.85. The summed E-state index contributed by atoms with van der Waals surface area (Å²) in [4.78, 5) is 2.38. The van der Waals surface area contributed by atoms with Crippen LogP contribution in [0.2, 0.25) is 0 Å². The zero-order valence-corrected chi connectivity index (χ0v) is 13.3. The number of benzene rings is 1. The molecule has 0 saturated carbocycles. The van der Waals surface area contributed by atoms with Gasteiger partial charge in [0.15, 0.2) is 0 Å². The van der Waals surface area contributed by atoms with E-state index in [4.69, 9.17) is 10.5 Å². The lowest BCUT2D eigenvalue weighted by molar-refractivity contribution is 0.159. The van der Waals surface area contributed by atoms with Gasteiger partial charge >= 0.3 is 0 Å². The Morgan fingerprint density at radius 3 is 2.73 bits per heavy atom. The minimum atomic E-state index is 0.630. The second-order valence-electron chi connectivity index (χ2n) is 6.18. The van der Waals surface area contributed by atoms with E-state index in [1.165, 1.54) is 12.8 Å². The molecule has 0 aliphatic carbocycles. The number of nitrogens with zero attached hydrogens (tertiary/aromatic N) is 3. The van der Waals surface area contributed by atoms with Crippen LogP contribution in [-0.4, -0.2) is 41.4 Å². The van der Waals surface area contributed by atoms with Gasteiger partial charge in [0.25, 0.3) is 0 Å². The van der Waals surface area contributed by atoms with E-state index in [0.29, 0.717) is 11.7 Å². The predicted octanol–water partition coefficient (Wildman–Crippen LogP) is 2.48. The van der Waals surface area contributed by atoms with Gasteiger partial charge in [0.1, 0.15) is 11.6 Å². The van der Waals surface area contributed by atoms with E-state index < -0.39 is 0 Å². The number of hydrogen-bond acceptors (Lipinski definition) is 4. The highest BCUT2D eigenvalue weighted by atomic mass is 16.5. The van der Waals surface area contributed by atoms with E-state index in [1.54, 1.807) is 16.9 Å². The van der Waals surface area contributed by atoms with Crippen molar-refractivity contribution in [2.75, 3.05) is 32.5 Å². The molecule has 2 aromatic rings. The minimum absolute atomic E-state index is 0.630. The Labute approximate surface area is 131 Å². The molecule has 1 aromatic carbocycles. The SMILES string of the molecule is Cc1ccc(-n2nccc2N)cc1OCC1CCN(C)CC1. The molecule has 2 heterocycles. The van der Waals surface area contributed by atoms with Gasteiger partial charge in [-0.1, -0.05) is 6.07 Å². The summed E-state index contributed by atoms with van der Waals surface area (Å²) in [6.07, 6.45) is 4.12. The fourth-order valence-electron chi connectivity index (χ4n) is 2.84. The molecule has 1 saturated heterocycles. The molecule has 22 heavy (non-hydrogen) atoms. The lowest BCUT2D eigenvalue weighted by Gasteiger charge is -2.29. The summed E-state index contributed by atoms with van der Waals surface area (Å²) in [5.41, 5.74) is 8.00. The molecule has 1 aromatic heterocycles. The van der Waals surface area contributed by atoms with Gasteiger partial charge in [0, 0.05) is 12.1 Å². The van der Waals surface area contributed by atoms with Gasteiger partial charge in [-0.15, -0.1) is 0 Å². The Hall–Kier alpha value is -2.01. The number of anilines is 1. The van der Waals surface area contributed by atoms with Crippen LogP contribution in [0, 0.1) is 12.8 Å². The van der Waals surface area contributed by atoms with Crippen molar-refractivity contribution in [3.8, 4) is 11.4 Å². The van der Waals surface area contributed by atoms with E-state index in [2.05, 4.69) is 30.0 Å². The monoisotopic (exact) mass is 300 g/mol. The lowest BCUT2D eigenvalue weighted by Crippen LogP contribution is -2.32. The van der Waals surface area contributed by atoms with Crippen molar-refractivity contribution in [3.63, 3.8) is 0 Å².